The van der Waals surface area contributed by atoms with Gasteiger partial charge in [-0.1, -0.05) is 36.4 Å². The fourth-order valence-electron chi connectivity index (χ4n) is 3.25. The minimum Gasteiger partial charge on any atom is -0.489 e. The Morgan fingerprint density at radius 2 is 1.87 bits per heavy atom. The van der Waals surface area contributed by atoms with Crippen molar-refractivity contribution in [3.05, 3.63) is 65.9 Å². The molecule has 8 heteroatoms. The molecular formula is C22H20N2O6. The molecule has 30 heavy (non-hydrogen) atoms. The van der Waals surface area contributed by atoms with Gasteiger partial charge in [0, 0.05) is 18.5 Å². The van der Waals surface area contributed by atoms with Crippen molar-refractivity contribution in [3.8, 4) is 5.75 Å². The third-order valence-corrected chi connectivity index (χ3v) is 4.76. The number of nitrogens with one attached hydrogen (secondary N) is 1. The first kappa shape index (κ1) is 19.5. The Hall–Kier alpha value is -3.81. The highest BCUT2D eigenvalue weighted by Crippen LogP contribution is 2.28. The number of nitrogens with zero attached hydrogens (tertiary/aromatic N) is 1. The summed E-state index contributed by atoms with van der Waals surface area (Å²) in [6.45, 7) is 2.12. The van der Waals surface area contributed by atoms with Crippen LogP contribution in [0.2, 0.25) is 0 Å². The molecule has 0 aliphatic carbocycles. The van der Waals surface area contributed by atoms with Crippen LogP contribution in [0.5, 0.6) is 5.75 Å². The number of urea groups is 1. The van der Waals surface area contributed by atoms with Crippen LogP contribution in [0, 0.1) is 0 Å². The van der Waals surface area contributed by atoms with Crippen LogP contribution in [-0.2, 0) is 16.1 Å². The van der Waals surface area contributed by atoms with Gasteiger partial charge in [-0.25, -0.2) is 9.59 Å². The predicted molar refractivity (Wildman–Crippen MR) is 107 cm³/mol. The van der Waals surface area contributed by atoms with E-state index in [9.17, 15) is 14.4 Å². The zero-order chi connectivity index (χ0) is 21.1. The average molecular weight is 408 g/mol. The number of ether oxygens (including phenoxy) is 2. The number of carbonyl (C=O) groups excluding carboxylic acids is 3. The van der Waals surface area contributed by atoms with Gasteiger partial charge in [-0.3, -0.25) is 9.69 Å². The molecule has 1 N–H and O–H groups in total. The third-order valence-electron chi connectivity index (χ3n) is 4.76. The number of rotatable bonds is 6. The van der Waals surface area contributed by atoms with Crippen LogP contribution in [0.3, 0.4) is 0 Å². The van der Waals surface area contributed by atoms with E-state index >= 15 is 0 Å². The summed E-state index contributed by atoms with van der Waals surface area (Å²) in [7, 11) is 0. The normalized spacial score (nSPS) is 14.4. The maximum absolute atomic E-state index is 12.8. The van der Waals surface area contributed by atoms with Gasteiger partial charge in [0.05, 0.1) is 5.56 Å². The highest BCUT2D eigenvalue weighted by molar-refractivity contribution is 6.00. The Kier molecular flexibility index (Phi) is 5.38. The molecule has 1 aromatic heterocycles. The minimum atomic E-state index is -1.14. The van der Waals surface area contributed by atoms with Gasteiger partial charge in [0.25, 0.3) is 5.91 Å². The molecule has 8 nitrogen and oxygen atoms in total. The van der Waals surface area contributed by atoms with Crippen molar-refractivity contribution in [1.82, 2.24) is 10.2 Å². The molecule has 1 fully saturated rings. The molecule has 2 aromatic carbocycles. The molecule has 0 spiro atoms. The molecule has 3 aromatic rings. The van der Waals surface area contributed by atoms with Crippen LogP contribution in [0.4, 0.5) is 4.79 Å². The Morgan fingerprint density at radius 3 is 2.60 bits per heavy atom. The lowest BCUT2D eigenvalue weighted by Crippen LogP contribution is -2.41. The minimum absolute atomic E-state index is 0.0299. The van der Waals surface area contributed by atoms with Gasteiger partial charge in [-0.2, -0.15) is 0 Å². The van der Waals surface area contributed by atoms with Crippen molar-refractivity contribution in [2.75, 3.05) is 13.1 Å². The highest BCUT2D eigenvalue weighted by Gasteiger charge is 2.33. The fourth-order valence-corrected chi connectivity index (χ4v) is 3.25. The van der Waals surface area contributed by atoms with Gasteiger partial charge in [-0.15, -0.1) is 0 Å². The summed E-state index contributed by atoms with van der Waals surface area (Å²) >= 11 is 0. The van der Waals surface area contributed by atoms with E-state index in [1.807, 2.05) is 42.5 Å². The quantitative estimate of drug-likeness (QED) is 0.630. The Labute approximate surface area is 172 Å². The summed E-state index contributed by atoms with van der Waals surface area (Å²) in [6, 6.07) is 15.9. The third kappa shape index (κ3) is 3.84. The highest BCUT2D eigenvalue weighted by atomic mass is 16.6. The number of carbonyl (C=O) groups is 3. The topological polar surface area (TPSA) is 98.1 Å². The number of hydrogen-bond donors (Lipinski definition) is 1. The Balaban J connectivity index is 1.55. The van der Waals surface area contributed by atoms with Crippen molar-refractivity contribution >= 4 is 28.9 Å². The molecule has 4 rings (SSSR count). The molecule has 0 radical (unpaired) electrons. The van der Waals surface area contributed by atoms with E-state index in [0.29, 0.717) is 23.4 Å². The Morgan fingerprint density at radius 1 is 1.13 bits per heavy atom. The van der Waals surface area contributed by atoms with Crippen molar-refractivity contribution in [2.45, 2.75) is 19.6 Å². The van der Waals surface area contributed by atoms with Crippen LogP contribution in [-0.4, -0.2) is 42.0 Å². The summed E-state index contributed by atoms with van der Waals surface area (Å²) < 4.78 is 16.8. The van der Waals surface area contributed by atoms with Gasteiger partial charge in [0.1, 0.15) is 17.9 Å². The summed E-state index contributed by atoms with van der Waals surface area (Å²) in [5.41, 5.74) is 1.03. The second kappa shape index (κ2) is 8.28. The molecular weight excluding hydrogens is 388 g/mol. The van der Waals surface area contributed by atoms with Crippen LogP contribution in [0.1, 0.15) is 23.0 Å². The van der Waals surface area contributed by atoms with E-state index < -0.39 is 24.0 Å². The van der Waals surface area contributed by atoms with Crippen LogP contribution >= 0.6 is 0 Å². The second-order valence-electron chi connectivity index (χ2n) is 6.78. The first-order chi connectivity index (χ1) is 14.5. The van der Waals surface area contributed by atoms with Gasteiger partial charge in [0.15, 0.2) is 6.10 Å². The van der Waals surface area contributed by atoms with Gasteiger partial charge in [-0.05, 0) is 25.1 Å². The predicted octanol–water partition coefficient (Wildman–Crippen LogP) is 3.11. The van der Waals surface area contributed by atoms with Gasteiger partial charge in [0.2, 0.25) is 5.76 Å². The lowest BCUT2D eigenvalue weighted by Gasteiger charge is -2.17. The van der Waals surface area contributed by atoms with E-state index in [1.165, 1.54) is 6.92 Å². The summed E-state index contributed by atoms with van der Waals surface area (Å²) in [5, 5.41) is 3.26. The lowest BCUT2D eigenvalue weighted by atomic mass is 10.1. The lowest BCUT2D eigenvalue weighted by molar-refractivity contribution is -0.136. The van der Waals surface area contributed by atoms with Crippen molar-refractivity contribution < 1.29 is 28.3 Å². The number of amides is 3. The second-order valence-corrected chi connectivity index (χ2v) is 6.78. The van der Waals surface area contributed by atoms with E-state index in [1.54, 1.807) is 12.1 Å². The largest absolute Gasteiger partial charge is 0.489 e. The molecule has 1 saturated heterocycles. The molecule has 1 aliphatic rings. The van der Waals surface area contributed by atoms with Gasteiger partial charge >= 0.3 is 12.0 Å². The van der Waals surface area contributed by atoms with E-state index in [0.717, 1.165) is 10.3 Å². The summed E-state index contributed by atoms with van der Waals surface area (Å²) in [6.07, 6.45) is -1.14. The summed E-state index contributed by atoms with van der Waals surface area (Å²) in [4.78, 5) is 37.9. The average Bonchev–Trinajstić information content (AvgIpc) is 3.35. The molecule has 1 aliphatic heterocycles. The van der Waals surface area contributed by atoms with Crippen molar-refractivity contribution in [1.29, 1.82) is 0 Å². The van der Waals surface area contributed by atoms with E-state index in [2.05, 4.69) is 5.32 Å². The zero-order valence-corrected chi connectivity index (χ0v) is 16.3. The molecule has 1 atom stereocenters. The first-order valence-electron chi connectivity index (χ1n) is 9.53. The molecule has 0 unspecified atom stereocenters. The van der Waals surface area contributed by atoms with E-state index in [4.69, 9.17) is 13.9 Å². The molecule has 0 saturated carbocycles. The standard InChI is InChI=1S/C22H20N2O6/c1-14(20(25)24-12-11-23-22(24)27)29-21(26)19-17(13-28-15-7-3-2-4-8-15)16-9-5-6-10-18(16)30-19/h2-10,14H,11-13H2,1H3,(H,23,27)/t14-/m0/s1. The zero-order valence-electron chi connectivity index (χ0n) is 16.3. The smallest absolute Gasteiger partial charge is 0.375 e. The number of benzene rings is 2. The van der Waals surface area contributed by atoms with Crippen LogP contribution < -0.4 is 10.1 Å². The van der Waals surface area contributed by atoms with Gasteiger partial charge < -0.3 is 19.2 Å². The molecule has 0 bridgehead atoms. The van der Waals surface area contributed by atoms with Crippen molar-refractivity contribution in [3.63, 3.8) is 0 Å². The monoisotopic (exact) mass is 408 g/mol. The number of esters is 1. The molecule has 154 valence electrons. The fraction of sp³-hybridized carbons (Fsp3) is 0.227. The summed E-state index contributed by atoms with van der Waals surface area (Å²) in [5.74, 6) is -0.766. The van der Waals surface area contributed by atoms with Crippen molar-refractivity contribution in [2.24, 2.45) is 0 Å². The molecule has 2 heterocycles. The number of hydrogen-bond acceptors (Lipinski definition) is 6. The number of furan rings is 1. The molecule has 3 amide bonds. The number of para-hydroxylation sites is 2. The van der Waals surface area contributed by atoms with E-state index in [-0.39, 0.29) is 18.9 Å². The van der Waals surface area contributed by atoms with Crippen LogP contribution in [0.25, 0.3) is 11.0 Å². The first-order valence-corrected chi connectivity index (χ1v) is 9.53. The number of imide groups is 1. The Bertz CT molecular complexity index is 1090. The van der Waals surface area contributed by atoms with Crippen LogP contribution in [0.15, 0.2) is 59.0 Å². The number of fused-ring (bicyclic) bond motifs is 1. The maximum Gasteiger partial charge on any atom is 0.375 e. The SMILES string of the molecule is C[C@H](OC(=O)c1oc2ccccc2c1COc1ccccc1)C(=O)N1CCNC1=O. The maximum atomic E-state index is 12.8.